The van der Waals surface area contributed by atoms with Crippen molar-refractivity contribution >= 4 is 0 Å². The van der Waals surface area contributed by atoms with Crippen LogP contribution in [-0.2, 0) is 6.54 Å². The zero-order valence-corrected chi connectivity index (χ0v) is 17.3. The van der Waals surface area contributed by atoms with Crippen molar-refractivity contribution in [3.05, 3.63) is 47.3 Å². The van der Waals surface area contributed by atoms with Gasteiger partial charge in [0, 0.05) is 38.1 Å². The summed E-state index contributed by atoms with van der Waals surface area (Å²) in [6, 6.07) is 6.80. The molecule has 3 heterocycles. The van der Waals surface area contributed by atoms with E-state index < -0.39 is 0 Å². The highest BCUT2D eigenvalue weighted by molar-refractivity contribution is 5.49. The molecule has 2 aliphatic heterocycles. The Hall–Kier alpha value is -1.69. The van der Waals surface area contributed by atoms with Gasteiger partial charge in [0.25, 0.3) is 0 Å². The predicted molar refractivity (Wildman–Crippen MR) is 113 cm³/mol. The maximum atomic E-state index is 10.9. The Morgan fingerprint density at radius 1 is 1.07 bits per heavy atom. The lowest BCUT2D eigenvalue weighted by atomic mass is 9.98. The lowest BCUT2D eigenvalue weighted by Crippen LogP contribution is -2.54. The van der Waals surface area contributed by atoms with Crippen molar-refractivity contribution in [3.63, 3.8) is 0 Å². The van der Waals surface area contributed by atoms with E-state index in [4.69, 9.17) is 0 Å². The first-order chi connectivity index (χ1) is 13.6. The van der Waals surface area contributed by atoms with Crippen molar-refractivity contribution in [2.24, 2.45) is 0 Å². The maximum absolute atomic E-state index is 10.9. The summed E-state index contributed by atoms with van der Waals surface area (Å²) in [5, 5.41) is 15.4. The van der Waals surface area contributed by atoms with Crippen LogP contribution < -0.4 is 0 Å². The monoisotopic (exact) mass is 382 g/mol. The van der Waals surface area contributed by atoms with Gasteiger partial charge in [-0.05, 0) is 63.4 Å². The number of likely N-dealkylation sites (tertiary alicyclic amines) is 2. The normalized spacial score (nSPS) is 25.0. The minimum absolute atomic E-state index is 0.258. The molecule has 2 saturated heterocycles. The summed E-state index contributed by atoms with van der Waals surface area (Å²) in [6.07, 6.45) is 9.89. The van der Waals surface area contributed by atoms with Gasteiger partial charge in [-0.15, -0.1) is 0 Å². The molecule has 4 rings (SSSR count). The van der Waals surface area contributed by atoms with Crippen LogP contribution in [0.1, 0.15) is 48.8 Å². The number of hydrogen-bond acceptors (Lipinski definition) is 4. The van der Waals surface area contributed by atoms with Gasteiger partial charge in [0.05, 0.1) is 11.8 Å². The first-order valence-corrected chi connectivity index (χ1v) is 10.9. The molecular weight excluding hydrogens is 348 g/mol. The fraction of sp³-hybridized carbons (Fsp3) is 0.609. The second-order valence-corrected chi connectivity index (χ2v) is 8.65. The van der Waals surface area contributed by atoms with E-state index in [2.05, 4.69) is 40.9 Å². The molecule has 0 unspecified atom stereocenters. The van der Waals surface area contributed by atoms with E-state index in [1.54, 1.807) is 0 Å². The van der Waals surface area contributed by atoms with E-state index in [0.717, 1.165) is 39.1 Å². The quantitative estimate of drug-likeness (QED) is 0.881. The number of aliphatic hydroxyl groups excluding tert-OH is 1. The highest BCUT2D eigenvalue weighted by atomic mass is 16.3. The summed E-state index contributed by atoms with van der Waals surface area (Å²) < 4.78 is 1.98. The zero-order chi connectivity index (χ0) is 19.5. The van der Waals surface area contributed by atoms with Crippen LogP contribution in [0, 0.1) is 13.8 Å². The van der Waals surface area contributed by atoms with Crippen molar-refractivity contribution < 1.29 is 5.11 Å². The number of aromatic nitrogens is 2. The fourth-order valence-corrected chi connectivity index (χ4v) is 5.12. The smallest absolute Gasteiger partial charge is 0.0822 e. The van der Waals surface area contributed by atoms with Crippen LogP contribution in [0.15, 0.2) is 30.6 Å². The van der Waals surface area contributed by atoms with Gasteiger partial charge in [0.1, 0.15) is 0 Å². The first kappa shape index (κ1) is 19.6. The van der Waals surface area contributed by atoms with Gasteiger partial charge in [0.2, 0.25) is 0 Å². The molecule has 5 heteroatoms. The van der Waals surface area contributed by atoms with Gasteiger partial charge >= 0.3 is 0 Å². The molecule has 2 aliphatic rings. The number of benzene rings is 1. The molecule has 28 heavy (non-hydrogen) atoms. The lowest BCUT2D eigenvalue weighted by Gasteiger charge is -2.41. The Morgan fingerprint density at radius 3 is 2.54 bits per heavy atom. The second kappa shape index (κ2) is 8.76. The van der Waals surface area contributed by atoms with Gasteiger partial charge < -0.3 is 5.11 Å². The summed E-state index contributed by atoms with van der Waals surface area (Å²) in [5.74, 6) is 0. The third-order valence-electron chi connectivity index (χ3n) is 6.39. The largest absolute Gasteiger partial charge is 0.390 e. The number of nitrogens with zero attached hydrogens (tertiary/aromatic N) is 4. The first-order valence-electron chi connectivity index (χ1n) is 10.9. The molecule has 0 radical (unpaired) electrons. The van der Waals surface area contributed by atoms with Crippen molar-refractivity contribution in [2.45, 2.75) is 64.6 Å². The van der Waals surface area contributed by atoms with Crippen LogP contribution in [0.25, 0.3) is 5.69 Å². The number of aryl methyl sites for hydroxylation is 2. The van der Waals surface area contributed by atoms with Crippen LogP contribution in [-0.4, -0.2) is 63.0 Å². The van der Waals surface area contributed by atoms with Gasteiger partial charge in [-0.25, -0.2) is 4.68 Å². The van der Waals surface area contributed by atoms with Crippen LogP contribution in [0.3, 0.4) is 0 Å². The minimum Gasteiger partial charge on any atom is -0.390 e. The Labute approximate surface area is 169 Å². The minimum atomic E-state index is -0.258. The van der Waals surface area contributed by atoms with E-state index in [1.165, 1.54) is 48.1 Å². The summed E-state index contributed by atoms with van der Waals surface area (Å²) in [4.78, 5) is 4.97. The molecule has 1 aromatic carbocycles. The van der Waals surface area contributed by atoms with Gasteiger partial charge in [-0.1, -0.05) is 30.5 Å². The number of hydrogen-bond donors (Lipinski definition) is 1. The van der Waals surface area contributed by atoms with E-state index in [0.29, 0.717) is 6.04 Å². The van der Waals surface area contributed by atoms with E-state index in [-0.39, 0.29) is 6.10 Å². The molecular formula is C23H34N4O. The molecule has 152 valence electrons. The molecule has 1 N–H and O–H groups in total. The Kier molecular flexibility index (Phi) is 6.14. The Morgan fingerprint density at radius 2 is 1.86 bits per heavy atom. The molecule has 2 fully saturated rings. The van der Waals surface area contributed by atoms with Crippen LogP contribution in [0.2, 0.25) is 0 Å². The number of rotatable bonds is 4. The van der Waals surface area contributed by atoms with Gasteiger partial charge in [-0.2, -0.15) is 5.10 Å². The Balaban J connectivity index is 1.47. The highest BCUT2D eigenvalue weighted by Crippen LogP contribution is 2.26. The van der Waals surface area contributed by atoms with Crippen molar-refractivity contribution in [1.29, 1.82) is 0 Å². The van der Waals surface area contributed by atoms with Crippen LogP contribution in [0.4, 0.5) is 0 Å². The zero-order valence-electron chi connectivity index (χ0n) is 17.3. The summed E-state index contributed by atoms with van der Waals surface area (Å²) in [6.45, 7) is 9.29. The maximum Gasteiger partial charge on any atom is 0.0822 e. The van der Waals surface area contributed by atoms with E-state index in [9.17, 15) is 5.11 Å². The number of piperidine rings is 1. The van der Waals surface area contributed by atoms with Crippen LogP contribution in [0.5, 0.6) is 0 Å². The molecule has 0 amide bonds. The van der Waals surface area contributed by atoms with Gasteiger partial charge in [0.15, 0.2) is 0 Å². The third-order valence-corrected chi connectivity index (χ3v) is 6.39. The fourth-order valence-electron chi connectivity index (χ4n) is 5.12. The van der Waals surface area contributed by atoms with Gasteiger partial charge in [-0.3, -0.25) is 9.80 Å². The second-order valence-electron chi connectivity index (χ2n) is 8.65. The standard InChI is InChI=1S/C23H34N4O/c1-18-14-19(2)23(27-12-7-9-24-27)20(15-18)16-25-13-8-21(22(28)17-25)26-10-5-3-4-6-11-26/h7,9,12,14-15,21-22,28H,3-6,8,10-11,13,16-17H2,1-2H3/t21-,22-/m1/s1. The molecule has 0 bridgehead atoms. The topological polar surface area (TPSA) is 44.5 Å². The SMILES string of the molecule is Cc1cc(C)c(-n2cccn2)c(CN2CC[C@@H](N3CCCCCC3)[C@H](O)C2)c1. The van der Waals surface area contributed by atoms with E-state index in [1.807, 2.05) is 23.1 Å². The molecule has 0 aliphatic carbocycles. The Bertz CT molecular complexity index is 765. The lowest BCUT2D eigenvalue weighted by molar-refractivity contribution is -0.0144. The molecule has 1 aromatic heterocycles. The van der Waals surface area contributed by atoms with Crippen LogP contribution >= 0.6 is 0 Å². The average Bonchev–Trinajstić information content (AvgIpc) is 3.03. The molecule has 2 aromatic rings. The number of β-amino-alcohol motifs (C(OH)–C–C–N with tert-alkyl or cyclic N) is 1. The van der Waals surface area contributed by atoms with Crippen molar-refractivity contribution in [3.8, 4) is 5.69 Å². The van der Waals surface area contributed by atoms with E-state index >= 15 is 0 Å². The summed E-state index contributed by atoms with van der Waals surface area (Å²) in [5.41, 5.74) is 5.00. The predicted octanol–water partition coefficient (Wildman–Crippen LogP) is 3.30. The average molecular weight is 383 g/mol. The molecule has 2 atom stereocenters. The van der Waals surface area contributed by atoms with Crippen molar-refractivity contribution in [2.75, 3.05) is 26.2 Å². The molecule has 0 spiro atoms. The highest BCUT2D eigenvalue weighted by Gasteiger charge is 2.32. The summed E-state index contributed by atoms with van der Waals surface area (Å²) in [7, 11) is 0. The molecule has 5 nitrogen and oxygen atoms in total. The summed E-state index contributed by atoms with van der Waals surface area (Å²) >= 11 is 0. The third kappa shape index (κ3) is 4.32. The number of aliphatic hydroxyl groups is 1. The van der Waals surface area contributed by atoms with Crippen molar-refractivity contribution in [1.82, 2.24) is 19.6 Å². The molecule has 0 saturated carbocycles.